The lowest BCUT2D eigenvalue weighted by Gasteiger charge is -2.20. The average Bonchev–Trinajstić information content (AvgIpc) is 3.19. The molecule has 0 spiro atoms. The van der Waals surface area contributed by atoms with Crippen LogP contribution in [0.15, 0.2) is 30.4 Å². The molecular weight excluding hydrogens is 357 g/mol. The summed E-state index contributed by atoms with van der Waals surface area (Å²) in [4.78, 5) is 12.7. The number of benzene rings is 1. The fraction of sp³-hybridized carbons (Fsp3) is 0.375. The van der Waals surface area contributed by atoms with E-state index >= 15 is 0 Å². The Morgan fingerprint density at radius 3 is 2.48 bits per heavy atom. The smallest absolute Gasteiger partial charge is 0.273 e. The van der Waals surface area contributed by atoms with E-state index in [1.807, 2.05) is 6.08 Å². The van der Waals surface area contributed by atoms with Gasteiger partial charge in [-0.3, -0.25) is 4.79 Å². The van der Waals surface area contributed by atoms with Gasteiger partial charge in [-0.15, -0.1) is 0 Å². The van der Waals surface area contributed by atoms with E-state index in [1.165, 1.54) is 6.07 Å². The maximum Gasteiger partial charge on any atom is 0.417 e. The van der Waals surface area contributed by atoms with Crippen molar-refractivity contribution in [2.45, 2.75) is 17.8 Å². The summed E-state index contributed by atoms with van der Waals surface area (Å²) in [6.45, 7) is 0. The van der Waals surface area contributed by atoms with Gasteiger partial charge in [0.15, 0.2) is 0 Å². The molecule has 1 aromatic carbocycles. The second-order valence-corrected chi connectivity index (χ2v) is 8.37. The first kappa shape index (κ1) is 16.1. The minimum atomic E-state index is -4.83. The molecule has 0 unspecified atom stereocenters. The highest BCUT2D eigenvalue weighted by Crippen LogP contribution is 2.53. The van der Waals surface area contributed by atoms with E-state index in [0.717, 1.165) is 12.1 Å². The van der Waals surface area contributed by atoms with Crippen LogP contribution < -0.4 is 4.31 Å². The summed E-state index contributed by atoms with van der Waals surface area (Å²) in [5.74, 6) is -1.91. The monoisotopic (exact) mass is 368 g/mol. The number of nitriles is 1. The number of fused-ring (bicyclic) bond motifs is 5. The van der Waals surface area contributed by atoms with Gasteiger partial charge in [-0.05, 0) is 36.5 Å². The van der Waals surface area contributed by atoms with Crippen LogP contribution in [-0.2, 0) is 21.0 Å². The molecule has 1 aromatic rings. The van der Waals surface area contributed by atoms with Crippen LogP contribution in [0, 0.1) is 29.1 Å². The van der Waals surface area contributed by atoms with Crippen LogP contribution >= 0.6 is 0 Å². The highest BCUT2D eigenvalue weighted by Gasteiger charge is 2.63. The minimum absolute atomic E-state index is 0.192. The molecule has 4 atom stereocenters. The predicted octanol–water partition coefficient (Wildman–Crippen LogP) is 2.44. The molecule has 3 aliphatic rings. The fourth-order valence-corrected chi connectivity index (χ4v) is 6.51. The van der Waals surface area contributed by atoms with Crippen LogP contribution in [0.4, 0.5) is 18.9 Å². The molecule has 2 bridgehead atoms. The average molecular weight is 368 g/mol. The van der Waals surface area contributed by atoms with Crippen LogP contribution in [0.1, 0.15) is 17.5 Å². The Morgan fingerprint density at radius 2 is 1.88 bits per heavy atom. The molecule has 1 aliphatic heterocycles. The second-order valence-electron chi connectivity index (χ2n) is 6.43. The largest absolute Gasteiger partial charge is 0.417 e. The third-order valence-electron chi connectivity index (χ3n) is 5.13. The molecule has 1 saturated carbocycles. The van der Waals surface area contributed by atoms with E-state index < -0.39 is 44.4 Å². The van der Waals surface area contributed by atoms with Crippen molar-refractivity contribution in [1.82, 2.24) is 0 Å². The SMILES string of the molecule is N#Cc1ccc(N2C(=O)[C@H]3[C@H]([C@@H]4C=C[C@H]3C4)S2(=O)=O)cc1C(F)(F)F. The van der Waals surface area contributed by atoms with Crippen molar-refractivity contribution >= 4 is 21.6 Å². The molecule has 1 amide bonds. The predicted molar refractivity (Wildman–Crippen MR) is 80.6 cm³/mol. The van der Waals surface area contributed by atoms with Crippen molar-refractivity contribution in [1.29, 1.82) is 5.26 Å². The Kier molecular flexibility index (Phi) is 3.13. The van der Waals surface area contributed by atoms with Crippen molar-refractivity contribution in [2.24, 2.45) is 17.8 Å². The van der Waals surface area contributed by atoms with Crippen LogP contribution in [0.3, 0.4) is 0 Å². The van der Waals surface area contributed by atoms with Gasteiger partial charge in [0.2, 0.25) is 15.9 Å². The number of carbonyl (C=O) groups excluding carboxylic acids is 1. The highest BCUT2D eigenvalue weighted by atomic mass is 32.2. The molecule has 0 aromatic heterocycles. The quantitative estimate of drug-likeness (QED) is 0.714. The number of nitrogens with zero attached hydrogens (tertiary/aromatic N) is 2. The number of alkyl halides is 3. The van der Waals surface area contributed by atoms with Crippen molar-refractivity contribution in [2.75, 3.05) is 4.31 Å². The lowest BCUT2D eigenvalue weighted by Crippen LogP contribution is -2.34. The number of allylic oxidation sites excluding steroid dienone is 2. The number of rotatable bonds is 1. The van der Waals surface area contributed by atoms with E-state index in [2.05, 4.69) is 0 Å². The Balaban J connectivity index is 1.84. The molecule has 1 saturated heterocycles. The van der Waals surface area contributed by atoms with E-state index in [4.69, 9.17) is 5.26 Å². The standard InChI is InChI=1S/C16H11F3N2O3S/c17-16(18,19)12-6-11(4-3-10(12)7-20)21-15(22)13-8-1-2-9(5-8)14(13)25(21,23)24/h1-4,6,8-9,13-14H,5H2/t8-,9+,13+,14-/m0/s1. The van der Waals surface area contributed by atoms with E-state index in [9.17, 15) is 26.4 Å². The fourth-order valence-electron chi connectivity index (χ4n) is 4.15. The zero-order valence-corrected chi connectivity index (χ0v) is 13.4. The van der Waals surface area contributed by atoms with E-state index in [-0.39, 0.29) is 17.5 Å². The Morgan fingerprint density at radius 1 is 1.20 bits per heavy atom. The molecule has 2 aliphatic carbocycles. The first-order chi connectivity index (χ1) is 11.7. The topological polar surface area (TPSA) is 78.2 Å². The zero-order valence-electron chi connectivity index (χ0n) is 12.6. The molecule has 130 valence electrons. The van der Waals surface area contributed by atoms with Gasteiger partial charge in [-0.1, -0.05) is 12.2 Å². The molecule has 1 heterocycles. The normalized spacial score (nSPS) is 32.1. The van der Waals surface area contributed by atoms with Gasteiger partial charge in [0.05, 0.1) is 34.1 Å². The van der Waals surface area contributed by atoms with Crippen LogP contribution in [0.5, 0.6) is 0 Å². The summed E-state index contributed by atoms with van der Waals surface area (Å²) in [7, 11) is -4.10. The van der Waals surface area contributed by atoms with Gasteiger partial charge >= 0.3 is 6.18 Å². The van der Waals surface area contributed by atoms with Crippen LogP contribution in [0.2, 0.25) is 0 Å². The van der Waals surface area contributed by atoms with Crippen molar-refractivity contribution in [3.8, 4) is 6.07 Å². The van der Waals surface area contributed by atoms with Crippen molar-refractivity contribution in [3.63, 3.8) is 0 Å². The van der Waals surface area contributed by atoms with Crippen LogP contribution in [0.25, 0.3) is 0 Å². The number of hydrogen-bond donors (Lipinski definition) is 0. The number of carbonyl (C=O) groups is 1. The first-order valence-electron chi connectivity index (χ1n) is 7.54. The molecule has 5 nitrogen and oxygen atoms in total. The summed E-state index contributed by atoms with van der Waals surface area (Å²) in [5, 5.41) is 7.93. The number of sulfonamides is 1. The second kappa shape index (κ2) is 4.85. The molecule has 9 heteroatoms. The summed E-state index contributed by atoms with van der Waals surface area (Å²) in [6.07, 6.45) is -0.678. The number of amides is 1. The number of hydrogen-bond acceptors (Lipinski definition) is 4. The molecule has 0 radical (unpaired) electrons. The number of anilines is 1. The highest BCUT2D eigenvalue weighted by molar-refractivity contribution is 7.94. The van der Waals surface area contributed by atoms with Crippen molar-refractivity contribution < 1.29 is 26.4 Å². The molecule has 2 fully saturated rings. The third kappa shape index (κ3) is 2.07. The lowest BCUT2D eigenvalue weighted by molar-refractivity contribution is -0.137. The molecule has 0 N–H and O–H groups in total. The Labute approximate surface area is 141 Å². The first-order valence-corrected chi connectivity index (χ1v) is 9.04. The Hall–Kier alpha value is -2.34. The zero-order chi connectivity index (χ0) is 18.1. The van der Waals surface area contributed by atoms with Crippen LogP contribution in [-0.4, -0.2) is 19.6 Å². The summed E-state index contributed by atoms with van der Waals surface area (Å²) in [6, 6.07) is 3.95. The van der Waals surface area contributed by atoms with E-state index in [1.54, 1.807) is 6.08 Å². The number of halogens is 3. The summed E-state index contributed by atoms with van der Waals surface area (Å²) < 4.78 is 65.6. The molecule has 4 rings (SSSR count). The van der Waals surface area contributed by atoms with Gasteiger partial charge in [0, 0.05) is 0 Å². The summed E-state index contributed by atoms with van der Waals surface area (Å²) >= 11 is 0. The van der Waals surface area contributed by atoms with E-state index in [0.29, 0.717) is 16.8 Å². The Bertz CT molecular complexity index is 962. The van der Waals surface area contributed by atoms with Gasteiger partial charge in [0.25, 0.3) is 0 Å². The maximum absolute atomic E-state index is 13.1. The maximum atomic E-state index is 13.1. The lowest BCUT2D eigenvalue weighted by atomic mass is 9.92. The van der Waals surface area contributed by atoms with Gasteiger partial charge in [-0.25, -0.2) is 12.7 Å². The van der Waals surface area contributed by atoms with Gasteiger partial charge in [0.1, 0.15) is 0 Å². The molecule has 25 heavy (non-hydrogen) atoms. The van der Waals surface area contributed by atoms with Crippen molar-refractivity contribution in [3.05, 3.63) is 41.5 Å². The van der Waals surface area contributed by atoms with Gasteiger partial charge < -0.3 is 0 Å². The third-order valence-corrected chi connectivity index (χ3v) is 7.36. The summed E-state index contributed by atoms with van der Waals surface area (Å²) in [5.41, 5.74) is -2.25. The van der Waals surface area contributed by atoms with Gasteiger partial charge in [-0.2, -0.15) is 18.4 Å². The molecular formula is C16H11F3N2O3S. The minimum Gasteiger partial charge on any atom is -0.273 e.